The number of hydrogen-bond acceptors (Lipinski definition) is 5. The number of ether oxygens (including phenoxy) is 2. The fraction of sp³-hybridized carbons (Fsp3) is 0.161. The summed E-state index contributed by atoms with van der Waals surface area (Å²) in [6.45, 7) is 1.56. The number of methoxy groups -OCH3 is 2. The van der Waals surface area contributed by atoms with E-state index in [1.54, 1.807) is 20.3 Å². The van der Waals surface area contributed by atoms with E-state index in [1.165, 1.54) is 5.56 Å². The number of fused-ring (bicyclic) bond motifs is 1. The maximum absolute atomic E-state index is 13.2. The van der Waals surface area contributed by atoms with Crippen molar-refractivity contribution in [1.29, 1.82) is 0 Å². The maximum atomic E-state index is 13.2. The van der Waals surface area contributed by atoms with Gasteiger partial charge in [0.15, 0.2) is 11.5 Å². The maximum Gasteiger partial charge on any atom is 0.238 e. The largest absolute Gasteiger partial charge is 0.493 e. The van der Waals surface area contributed by atoms with E-state index in [0.29, 0.717) is 22.9 Å². The van der Waals surface area contributed by atoms with Gasteiger partial charge in [-0.05, 0) is 40.5 Å². The van der Waals surface area contributed by atoms with Crippen molar-refractivity contribution in [3.05, 3.63) is 119 Å². The quantitative estimate of drug-likeness (QED) is 0.288. The Morgan fingerprint density at radius 3 is 2.05 bits per heavy atom. The Hall–Kier alpha value is -4.42. The van der Waals surface area contributed by atoms with Gasteiger partial charge < -0.3 is 20.1 Å². The molecule has 2 N–H and O–H groups in total. The zero-order valence-electron chi connectivity index (χ0n) is 20.9. The van der Waals surface area contributed by atoms with E-state index in [9.17, 15) is 4.79 Å². The fourth-order valence-electron chi connectivity index (χ4n) is 4.54. The molecule has 0 bridgehead atoms. The van der Waals surface area contributed by atoms with E-state index < -0.39 is 5.92 Å². The van der Waals surface area contributed by atoms with Crippen molar-refractivity contribution in [3.63, 3.8) is 0 Å². The lowest BCUT2D eigenvalue weighted by molar-refractivity contribution is -0.115. The van der Waals surface area contributed by atoms with Crippen molar-refractivity contribution in [3.8, 4) is 11.5 Å². The topological polar surface area (TPSA) is 72.0 Å². The number of nitrogens with one attached hydrogen (secondary N) is 2. The van der Waals surface area contributed by atoms with Crippen LogP contribution in [0.5, 0.6) is 11.5 Å². The van der Waals surface area contributed by atoms with Gasteiger partial charge in [-0.2, -0.15) is 0 Å². The standard InChI is InChI=1S/C31H29N3O3/c1-36-27-17-25-26(18-28(27)37-2)34-31(35)29(25)30(23-11-7-4-8-12-23)33-24-15-13-22(14-16-24)20-32-19-21-9-5-3-6-10-21/h3-18,29,32H,19-20H2,1-2H3,(H,34,35). The number of anilines is 1. The van der Waals surface area contributed by atoms with Crippen molar-refractivity contribution in [2.45, 2.75) is 19.0 Å². The van der Waals surface area contributed by atoms with Crippen LogP contribution in [0.2, 0.25) is 0 Å². The molecule has 0 aliphatic carbocycles. The van der Waals surface area contributed by atoms with Crippen LogP contribution in [0.4, 0.5) is 11.4 Å². The van der Waals surface area contributed by atoms with Crippen LogP contribution in [0.25, 0.3) is 0 Å². The minimum absolute atomic E-state index is 0.130. The van der Waals surface area contributed by atoms with Crippen LogP contribution in [0.3, 0.4) is 0 Å². The number of aliphatic imine (C=N–C) groups is 1. The molecule has 1 aliphatic heterocycles. The molecule has 186 valence electrons. The summed E-state index contributed by atoms with van der Waals surface area (Å²) in [6, 6.07) is 31.9. The van der Waals surface area contributed by atoms with Crippen LogP contribution in [0.1, 0.15) is 28.2 Å². The first kappa shape index (κ1) is 24.3. The van der Waals surface area contributed by atoms with Gasteiger partial charge in [0, 0.05) is 24.8 Å². The van der Waals surface area contributed by atoms with Gasteiger partial charge in [-0.15, -0.1) is 0 Å². The average molecular weight is 492 g/mol. The Bertz CT molecular complexity index is 1400. The van der Waals surface area contributed by atoms with Gasteiger partial charge in [0.25, 0.3) is 0 Å². The summed E-state index contributed by atoms with van der Waals surface area (Å²) in [5.74, 6) is 0.429. The average Bonchev–Trinajstić information content (AvgIpc) is 3.27. The molecule has 1 aliphatic rings. The molecule has 0 aromatic heterocycles. The number of nitrogens with zero attached hydrogens (tertiary/aromatic N) is 1. The van der Waals surface area contributed by atoms with Crippen molar-refractivity contribution in [2.24, 2.45) is 4.99 Å². The third kappa shape index (κ3) is 5.39. The Balaban J connectivity index is 1.43. The molecule has 0 saturated carbocycles. The molecular weight excluding hydrogens is 462 g/mol. The lowest BCUT2D eigenvalue weighted by Gasteiger charge is -2.15. The molecule has 1 amide bonds. The first-order chi connectivity index (χ1) is 18.2. The SMILES string of the molecule is COc1cc2c(cc1OC)C(C(=Nc1ccc(CNCc3ccccc3)cc1)c1ccccc1)C(=O)N2. The normalized spacial score (nSPS) is 14.7. The molecule has 0 radical (unpaired) electrons. The Morgan fingerprint density at radius 1 is 0.811 bits per heavy atom. The van der Waals surface area contributed by atoms with E-state index in [0.717, 1.165) is 35.5 Å². The Morgan fingerprint density at radius 2 is 1.41 bits per heavy atom. The highest BCUT2D eigenvalue weighted by Gasteiger charge is 2.36. The molecular formula is C31H29N3O3. The van der Waals surface area contributed by atoms with E-state index in [-0.39, 0.29) is 5.91 Å². The van der Waals surface area contributed by atoms with E-state index in [4.69, 9.17) is 14.5 Å². The second-order valence-corrected chi connectivity index (χ2v) is 8.84. The van der Waals surface area contributed by atoms with Gasteiger partial charge in [-0.25, -0.2) is 0 Å². The summed E-state index contributed by atoms with van der Waals surface area (Å²) >= 11 is 0. The second kappa shape index (κ2) is 11.1. The molecule has 1 unspecified atom stereocenters. The van der Waals surface area contributed by atoms with E-state index >= 15 is 0 Å². The Kier molecular flexibility index (Phi) is 7.28. The molecule has 6 nitrogen and oxygen atoms in total. The monoisotopic (exact) mass is 491 g/mol. The first-order valence-corrected chi connectivity index (χ1v) is 12.2. The lowest BCUT2D eigenvalue weighted by Crippen LogP contribution is -2.22. The number of benzene rings is 4. The van der Waals surface area contributed by atoms with Gasteiger partial charge in [0.2, 0.25) is 5.91 Å². The van der Waals surface area contributed by atoms with Crippen LogP contribution in [0, 0.1) is 0 Å². The molecule has 0 spiro atoms. The Labute approximate surface area is 217 Å². The molecule has 1 heterocycles. The van der Waals surface area contributed by atoms with Gasteiger partial charge >= 0.3 is 0 Å². The molecule has 0 fully saturated rings. The number of carbonyl (C=O) groups excluding carboxylic acids is 1. The van der Waals surface area contributed by atoms with Crippen LogP contribution in [-0.2, 0) is 17.9 Å². The van der Waals surface area contributed by atoms with Crippen LogP contribution in [-0.4, -0.2) is 25.8 Å². The molecule has 1 atom stereocenters. The van der Waals surface area contributed by atoms with Crippen LogP contribution < -0.4 is 20.1 Å². The predicted octanol–water partition coefficient (Wildman–Crippen LogP) is 5.85. The zero-order valence-corrected chi connectivity index (χ0v) is 20.9. The lowest BCUT2D eigenvalue weighted by atomic mass is 9.90. The van der Waals surface area contributed by atoms with Gasteiger partial charge in [-0.3, -0.25) is 9.79 Å². The molecule has 6 heteroatoms. The van der Waals surface area contributed by atoms with Gasteiger partial charge in [0.05, 0.1) is 25.6 Å². The van der Waals surface area contributed by atoms with Crippen molar-refractivity contribution in [2.75, 3.05) is 19.5 Å². The summed E-state index contributed by atoms with van der Waals surface area (Å²) in [5.41, 5.74) is 6.28. The highest BCUT2D eigenvalue weighted by molar-refractivity contribution is 6.24. The summed E-state index contributed by atoms with van der Waals surface area (Å²) in [6.07, 6.45) is 0. The van der Waals surface area contributed by atoms with E-state index in [2.05, 4.69) is 34.9 Å². The predicted molar refractivity (Wildman–Crippen MR) is 147 cm³/mol. The van der Waals surface area contributed by atoms with Crippen molar-refractivity contribution in [1.82, 2.24) is 5.32 Å². The smallest absolute Gasteiger partial charge is 0.238 e. The molecule has 4 aromatic carbocycles. The molecule has 37 heavy (non-hydrogen) atoms. The second-order valence-electron chi connectivity index (χ2n) is 8.84. The van der Waals surface area contributed by atoms with Gasteiger partial charge in [0.1, 0.15) is 5.92 Å². The van der Waals surface area contributed by atoms with Crippen LogP contribution in [0.15, 0.2) is 102 Å². The molecule has 0 saturated heterocycles. The minimum atomic E-state index is -0.579. The minimum Gasteiger partial charge on any atom is -0.493 e. The molecule has 5 rings (SSSR count). The van der Waals surface area contributed by atoms with E-state index in [1.807, 2.05) is 66.7 Å². The number of carbonyl (C=O) groups is 1. The third-order valence-corrected chi connectivity index (χ3v) is 6.42. The number of rotatable bonds is 9. The molecule has 4 aromatic rings. The summed E-state index contributed by atoms with van der Waals surface area (Å²) in [4.78, 5) is 18.2. The van der Waals surface area contributed by atoms with Crippen molar-refractivity contribution < 1.29 is 14.3 Å². The number of amides is 1. The third-order valence-electron chi connectivity index (χ3n) is 6.42. The van der Waals surface area contributed by atoms with Crippen molar-refractivity contribution >= 4 is 23.0 Å². The summed E-state index contributed by atoms with van der Waals surface area (Å²) in [5, 5.41) is 6.47. The highest BCUT2D eigenvalue weighted by Crippen LogP contribution is 2.42. The summed E-state index contributed by atoms with van der Waals surface area (Å²) in [7, 11) is 3.17. The zero-order chi connectivity index (χ0) is 25.6. The van der Waals surface area contributed by atoms with Gasteiger partial charge in [-0.1, -0.05) is 72.8 Å². The fourth-order valence-corrected chi connectivity index (χ4v) is 4.54. The summed E-state index contributed by atoms with van der Waals surface area (Å²) < 4.78 is 10.9. The highest BCUT2D eigenvalue weighted by atomic mass is 16.5. The first-order valence-electron chi connectivity index (χ1n) is 12.2. The number of hydrogen-bond donors (Lipinski definition) is 2. The van der Waals surface area contributed by atoms with Crippen LogP contribution >= 0.6 is 0 Å².